The minimum Gasteiger partial charge on any atom is -0.383 e. The second-order valence-corrected chi connectivity index (χ2v) is 6.77. The largest absolute Gasteiger partial charge is 0.383 e. The third-order valence-electron chi connectivity index (χ3n) is 4.80. The third kappa shape index (κ3) is 7.48. The molecule has 0 bridgehead atoms. The number of rotatable bonds is 8. The van der Waals surface area contributed by atoms with E-state index < -0.39 is 0 Å². The minimum atomic E-state index is 0. The maximum Gasteiger partial charge on any atom is 0.194 e. The van der Waals surface area contributed by atoms with Crippen molar-refractivity contribution in [2.24, 2.45) is 4.99 Å². The van der Waals surface area contributed by atoms with Gasteiger partial charge in [0.05, 0.1) is 12.3 Å². The number of anilines is 1. The van der Waals surface area contributed by atoms with Crippen molar-refractivity contribution in [1.82, 2.24) is 20.3 Å². The van der Waals surface area contributed by atoms with Crippen molar-refractivity contribution < 1.29 is 9.26 Å². The summed E-state index contributed by atoms with van der Waals surface area (Å²) in [5.74, 6) is 0.948. The van der Waals surface area contributed by atoms with Crippen molar-refractivity contribution in [2.45, 2.75) is 13.1 Å². The van der Waals surface area contributed by atoms with Crippen LogP contribution >= 0.6 is 24.0 Å². The Bertz CT molecular complexity index is 715. The molecule has 2 aromatic rings. The SMILES string of the molecule is CN=C(NCc1ccc(NCCOC)cc1)N1CCN(Cc2ccon2)CC1.I. The number of hydrogen-bond donors (Lipinski definition) is 2. The van der Waals surface area contributed by atoms with E-state index in [0.717, 1.165) is 63.2 Å². The van der Waals surface area contributed by atoms with Gasteiger partial charge in [-0.05, 0) is 17.7 Å². The van der Waals surface area contributed by atoms with Crippen LogP contribution in [-0.2, 0) is 17.8 Å². The Hall–Kier alpha value is -1.85. The second-order valence-electron chi connectivity index (χ2n) is 6.77. The molecule has 0 saturated carbocycles. The molecule has 0 radical (unpaired) electrons. The van der Waals surface area contributed by atoms with Gasteiger partial charge in [-0.25, -0.2) is 0 Å². The Labute approximate surface area is 189 Å². The molecule has 1 aromatic heterocycles. The molecule has 1 aliphatic heterocycles. The first-order valence-electron chi connectivity index (χ1n) is 9.67. The van der Waals surface area contributed by atoms with Crippen molar-refractivity contribution in [3.05, 3.63) is 47.9 Å². The fourth-order valence-electron chi connectivity index (χ4n) is 3.22. The first-order chi connectivity index (χ1) is 13.8. The summed E-state index contributed by atoms with van der Waals surface area (Å²) in [6.07, 6.45) is 1.62. The molecule has 2 N–H and O–H groups in total. The van der Waals surface area contributed by atoms with Crippen molar-refractivity contribution in [2.75, 3.05) is 58.8 Å². The van der Waals surface area contributed by atoms with E-state index in [-0.39, 0.29) is 24.0 Å². The normalized spacial score (nSPS) is 15.1. The molecular formula is C20H31IN6O2. The van der Waals surface area contributed by atoms with Gasteiger partial charge in [-0.3, -0.25) is 9.89 Å². The summed E-state index contributed by atoms with van der Waals surface area (Å²) in [5.41, 5.74) is 3.31. The number of aromatic nitrogens is 1. The zero-order valence-electron chi connectivity index (χ0n) is 17.1. The first kappa shape index (κ1) is 23.4. The van der Waals surface area contributed by atoms with Crippen LogP contribution in [-0.4, -0.2) is 74.4 Å². The predicted molar refractivity (Wildman–Crippen MR) is 126 cm³/mol. The van der Waals surface area contributed by atoms with Crippen LogP contribution in [0.2, 0.25) is 0 Å². The number of ether oxygens (including phenoxy) is 1. The molecule has 2 heterocycles. The smallest absolute Gasteiger partial charge is 0.194 e. The molecular weight excluding hydrogens is 483 g/mol. The number of piperazine rings is 1. The van der Waals surface area contributed by atoms with Gasteiger partial charge >= 0.3 is 0 Å². The van der Waals surface area contributed by atoms with Gasteiger partial charge in [-0.2, -0.15) is 0 Å². The van der Waals surface area contributed by atoms with Crippen molar-refractivity contribution in [3.63, 3.8) is 0 Å². The van der Waals surface area contributed by atoms with E-state index in [0.29, 0.717) is 6.61 Å². The average molecular weight is 514 g/mol. The first-order valence-corrected chi connectivity index (χ1v) is 9.67. The highest BCUT2D eigenvalue weighted by Crippen LogP contribution is 2.10. The summed E-state index contributed by atoms with van der Waals surface area (Å²) >= 11 is 0. The highest BCUT2D eigenvalue weighted by molar-refractivity contribution is 14.0. The highest BCUT2D eigenvalue weighted by Gasteiger charge is 2.20. The van der Waals surface area contributed by atoms with E-state index in [1.807, 2.05) is 13.1 Å². The Morgan fingerprint density at radius 2 is 1.93 bits per heavy atom. The molecule has 160 valence electrons. The van der Waals surface area contributed by atoms with E-state index >= 15 is 0 Å². The van der Waals surface area contributed by atoms with Gasteiger partial charge in [0, 0.05) is 71.7 Å². The van der Waals surface area contributed by atoms with Crippen molar-refractivity contribution in [1.29, 1.82) is 0 Å². The van der Waals surface area contributed by atoms with Gasteiger partial charge in [0.25, 0.3) is 0 Å². The van der Waals surface area contributed by atoms with Crippen molar-refractivity contribution in [3.8, 4) is 0 Å². The molecule has 29 heavy (non-hydrogen) atoms. The van der Waals surface area contributed by atoms with Crippen LogP contribution < -0.4 is 10.6 Å². The lowest BCUT2D eigenvalue weighted by Crippen LogP contribution is -2.52. The highest BCUT2D eigenvalue weighted by atomic mass is 127. The fourth-order valence-corrected chi connectivity index (χ4v) is 3.22. The monoisotopic (exact) mass is 514 g/mol. The fraction of sp³-hybridized carbons (Fsp3) is 0.500. The van der Waals surface area contributed by atoms with E-state index in [4.69, 9.17) is 9.26 Å². The number of nitrogens with one attached hydrogen (secondary N) is 2. The van der Waals surface area contributed by atoms with Crippen LogP contribution in [0.5, 0.6) is 0 Å². The van der Waals surface area contributed by atoms with Gasteiger partial charge in [0.1, 0.15) is 6.26 Å². The predicted octanol–water partition coefficient (Wildman–Crippen LogP) is 2.24. The molecule has 1 aliphatic rings. The Kier molecular flexibility index (Phi) is 10.2. The zero-order valence-corrected chi connectivity index (χ0v) is 19.5. The lowest BCUT2D eigenvalue weighted by molar-refractivity contribution is 0.169. The molecule has 1 saturated heterocycles. The summed E-state index contributed by atoms with van der Waals surface area (Å²) < 4.78 is 9.97. The summed E-state index contributed by atoms with van der Waals surface area (Å²) in [6.45, 7) is 6.95. The van der Waals surface area contributed by atoms with Crippen LogP contribution in [0, 0.1) is 0 Å². The third-order valence-corrected chi connectivity index (χ3v) is 4.80. The van der Waals surface area contributed by atoms with Gasteiger partial charge in [-0.1, -0.05) is 17.3 Å². The quantitative estimate of drug-likeness (QED) is 0.242. The lowest BCUT2D eigenvalue weighted by atomic mass is 10.2. The van der Waals surface area contributed by atoms with Gasteiger partial charge < -0.3 is 24.8 Å². The van der Waals surface area contributed by atoms with E-state index in [1.165, 1.54) is 5.56 Å². The molecule has 3 rings (SSSR count). The number of guanidine groups is 1. The van der Waals surface area contributed by atoms with Crippen LogP contribution in [0.15, 0.2) is 46.1 Å². The standard InChI is InChI=1S/C20H30N6O2.HI/c1-21-20(23-15-17-3-5-18(6-4-17)22-8-14-27-2)26-11-9-25(10-12-26)16-19-7-13-28-24-19;/h3-7,13,22H,8-12,14-16H2,1-2H3,(H,21,23);1H. The Morgan fingerprint density at radius 3 is 2.55 bits per heavy atom. The second kappa shape index (κ2) is 12.7. The van der Waals surface area contributed by atoms with Crippen LogP contribution in [0.1, 0.15) is 11.3 Å². The number of nitrogens with zero attached hydrogens (tertiary/aromatic N) is 4. The van der Waals surface area contributed by atoms with E-state index in [9.17, 15) is 0 Å². The number of benzene rings is 1. The van der Waals surface area contributed by atoms with Crippen molar-refractivity contribution >= 4 is 35.6 Å². The molecule has 1 fully saturated rings. The number of aliphatic imine (C=N–C) groups is 1. The summed E-state index contributed by atoms with van der Waals surface area (Å²) in [7, 11) is 3.55. The van der Waals surface area contributed by atoms with Gasteiger partial charge in [0.15, 0.2) is 5.96 Å². The Morgan fingerprint density at radius 1 is 1.17 bits per heavy atom. The maximum atomic E-state index is 5.05. The Balaban J connectivity index is 0.00000300. The molecule has 0 unspecified atom stereocenters. The van der Waals surface area contributed by atoms with E-state index in [1.54, 1.807) is 13.4 Å². The number of hydrogen-bond acceptors (Lipinski definition) is 6. The number of methoxy groups -OCH3 is 1. The average Bonchev–Trinajstić information content (AvgIpc) is 3.24. The summed E-state index contributed by atoms with van der Waals surface area (Å²) in [4.78, 5) is 9.15. The molecule has 9 heteroatoms. The topological polar surface area (TPSA) is 78.2 Å². The lowest BCUT2D eigenvalue weighted by Gasteiger charge is -2.36. The molecule has 0 amide bonds. The molecule has 0 atom stereocenters. The van der Waals surface area contributed by atoms with Crippen LogP contribution in [0.3, 0.4) is 0 Å². The van der Waals surface area contributed by atoms with E-state index in [2.05, 4.69) is 54.8 Å². The van der Waals surface area contributed by atoms with Crippen LogP contribution in [0.4, 0.5) is 5.69 Å². The molecule has 8 nitrogen and oxygen atoms in total. The minimum absolute atomic E-state index is 0. The molecule has 0 aliphatic carbocycles. The van der Waals surface area contributed by atoms with Gasteiger partial charge in [-0.15, -0.1) is 24.0 Å². The molecule has 0 spiro atoms. The van der Waals surface area contributed by atoms with Gasteiger partial charge in [0.2, 0.25) is 0 Å². The maximum absolute atomic E-state index is 5.05. The number of halogens is 1. The van der Waals surface area contributed by atoms with Crippen LogP contribution in [0.25, 0.3) is 0 Å². The summed E-state index contributed by atoms with van der Waals surface area (Å²) in [6, 6.07) is 10.4. The molecule has 1 aromatic carbocycles. The zero-order chi connectivity index (χ0) is 19.6. The summed E-state index contributed by atoms with van der Waals surface area (Å²) in [5, 5.41) is 10.8.